The third-order valence-electron chi connectivity index (χ3n) is 7.43. The van der Waals surface area contributed by atoms with Gasteiger partial charge in [-0.05, 0) is 62.8 Å². The van der Waals surface area contributed by atoms with E-state index in [4.69, 9.17) is 4.74 Å². The minimum absolute atomic E-state index is 0.0309. The van der Waals surface area contributed by atoms with Crippen LogP contribution in [0.15, 0.2) is 24.4 Å². The molecule has 1 saturated carbocycles. The van der Waals surface area contributed by atoms with Crippen molar-refractivity contribution in [1.82, 2.24) is 9.88 Å². The van der Waals surface area contributed by atoms with Crippen molar-refractivity contribution >= 4 is 28.6 Å². The van der Waals surface area contributed by atoms with Crippen molar-refractivity contribution in [3.63, 3.8) is 0 Å². The van der Waals surface area contributed by atoms with E-state index in [2.05, 4.69) is 9.88 Å². The van der Waals surface area contributed by atoms with Crippen LogP contribution in [0.2, 0.25) is 0 Å². The number of halogens is 1. The summed E-state index contributed by atoms with van der Waals surface area (Å²) in [5, 5.41) is 22.1. The van der Waals surface area contributed by atoms with Gasteiger partial charge in [0, 0.05) is 35.0 Å². The second-order valence-electron chi connectivity index (χ2n) is 9.57. The summed E-state index contributed by atoms with van der Waals surface area (Å²) in [6.45, 7) is 2.35. The smallest absolute Gasteiger partial charge is 0.308 e. The third kappa shape index (κ3) is 6.01. The van der Waals surface area contributed by atoms with Gasteiger partial charge in [-0.25, -0.2) is 4.39 Å². The number of piperidine rings is 1. The number of carboxylic acids is 1. The summed E-state index contributed by atoms with van der Waals surface area (Å²) in [6, 6.07) is 5.18. The molecule has 0 spiro atoms. The number of hydrogen-bond donors (Lipinski definition) is 2. The summed E-state index contributed by atoms with van der Waals surface area (Å²) in [5.74, 6) is -0.209. The largest absolute Gasteiger partial charge is 0.497 e. The highest BCUT2D eigenvalue weighted by Gasteiger charge is 2.34. The number of carboxylic acid groups (broad SMARTS) is 1. The Bertz CT molecular complexity index is 985. The van der Waals surface area contributed by atoms with Crippen LogP contribution >= 0.6 is 11.8 Å². The van der Waals surface area contributed by atoms with Gasteiger partial charge in [-0.3, -0.25) is 9.78 Å². The number of aromatic nitrogens is 1. The first-order valence-corrected chi connectivity index (χ1v) is 13.4. The lowest BCUT2D eigenvalue weighted by Crippen LogP contribution is -2.44. The number of pyridine rings is 1. The van der Waals surface area contributed by atoms with E-state index in [1.54, 1.807) is 18.2 Å². The maximum absolute atomic E-state index is 14.7. The monoisotopic (exact) mass is 490 g/mol. The number of nitrogens with zero attached hydrogens (tertiary/aromatic N) is 2. The molecule has 34 heavy (non-hydrogen) atoms. The van der Waals surface area contributed by atoms with Crippen LogP contribution in [0.3, 0.4) is 0 Å². The van der Waals surface area contributed by atoms with E-state index < -0.39 is 23.8 Å². The van der Waals surface area contributed by atoms with Crippen molar-refractivity contribution in [2.75, 3.05) is 32.5 Å². The van der Waals surface area contributed by atoms with Crippen LogP contribution in [-0.4, -0.2) is 63.8 Å². The number of likely N-dealkylation sites (tertiary alicyclic amines) is 1. The van der Waals surface area contributed by atoms with E-state index in [1.165, 1.54) is 32.8 Å². The molecular formula is C26H35FN2O4S. The van der Waals surface area contributed by atoms with Crippen LogP contribution in [0.25, 0.3) is 10.9 Å². The summed E-state index contributed by atoms with van der Waals surface area (Å²) in [6.07, 6.45) is 7.02. The number of aliphatic hydroxyl groups is 1. The van der Waals surface area contributed by atoms with E-state index >= 15 is 0 Å². The van der Waals surface area contributed by atoms with Crippen LogP contribution in [0.1, 0.15) is 56.6 Å². The van der Waals surface area contributed by atoms with Crippen LogP contribution in [-0.2, 0) is 4.79 Å². The Morgan fingerprint density at radius 3 is 2.85 bits per heavy atom. The number of ether oxygens (including phenoxy) is 1. The predicted molar refractivity (Wildman–Crippen MR) is 133 cm³/mol. The molecule has 8 heteroatoms. The van der Waals surface area contributed by atoms with E-state index in [9.17, 15) is 19.4 Å². The highest BCUT2D eigenvalue weighted by atomic mass is 32.2. The maximum atomic E-state index is 14.7. The molecule has 0 unspecified atom stereocenters. The van der Waals surface area contributed by atoms with Gasteiger partial charge in [0.1, 0.15) is 11.6 Å². The normalized spacial score (nSPS) is 22.8. The fourth-order valence-corrected chi connectivity index (χ4v) is 6.81. The van der Waals surface area contributed by atoms with Crippen LogP contribution in [0, 0.1) is 17.7 Å². The number of methoxy groups -OCH3 is 1. The van der Waals surface area contributed by atoms with Gasteiger partial charge < -0.3 is 19.8 Å². The molecule has 0 bridgehead atoms. The molecule has 2 heterocycles. The molecule has 1 saturated heterocycles. The van der Waals surface area contributed by atoms with E-state index in [0.717, 1.165) is 36.7 Å². The molecule has 3 atom stereocenters. The quantitative estimate of drug-likeness (QED) is 0.490. The molecule has 2 aromatic rings. The summed E-state index contributed by atoms with van der Waals surface area (Å²) in [5.41, 5.74) is 0.792. The van der Waals surface area contributed by atoms with E-state index in [-0.39, 0.29) is 11.5 Å². The number of aliphatic hydroxyl groups excluding tert-OH is 1. The molecule has 2 fully saturated rings. The van der Waals surface area contributed by atoms with Gasteiger partial charge in [-0.2, -0.15) is 11.8 Å². The highest BCUT2D eigenvalue weighted by molar-refractivity contribution is 7.99. The summed E-state index contributed by atoms with van der Waals surface area (Å²) in [4.78, 5) is 18.4. The first-order valence-electron chi connectivity index (χ1n) is 12.3. The summed E-state index contributed by atoms with van der Waals surface area (Å²) >= 11 is 2.03. The molecule has 6 nitrogen and oxygen atoms in total. The van der Waals surface area contributed by atoms with Crippen molar-refractivity contribution in [2.45, 2.75) is 56.3 Å². The molecule has 1 aromatic heterocycles. The van der Waals surface area contributed by atoms with Crippen molar-refractivity contribution in [1.29, 1.82) is 0 Å². The average Bonchev–Trinajstić information content (AvgIpc) is 3.36. The van der Waals surface area contributed by atoms with Crippen LogP contribution in [0.5, 0.6) is 5.75 Å². The Kier molecular flexibility index (Phi) is 8.66. The number of thioether (sulfide) groups is 1. The first-order chi connectivity index (χ1) is 16.5. The number of carbonyl (C=O) groups is 1. The fraction of sp³-hybridized carbons (Fsp3) is 0.615. The molecule has 186 valence electrons. The van der Waals surface area contributed by atoms with Crippen molar-refractivity contribution in [3.05, 3.63) is 35.8 Å². The average molecular weight is 491 g/mol. The number of benzene rings is 1. The lowest BCUT2D eigenvalue weighted by Gasteiger charge is -2.37. The van der Waals surface area contributed by atoms with Crippen molar-refractivity contribution in [2.24, 2.45) is 11.8 Å². The van der Waals surface area contributed by atoms with Gasteiger partial charge in [-0.15, -0.1) is 0 Å². The van der Waals surface area contributed by atoms with Gasteiger partial charge in [0.25, 0.3) is 0 Å². The summed E-state index contributed by atoms with van der Waals surface area (Å²) in [7, 11) is 1.54. The molecule has 0 amide bonds. The highest BCUT2D eigenvalue weighted by Crippen LogP contribution is 2.35. The Balaban J connectivity index is 1.36. The fourth-order valence-electron chi connectivity index (χ4n) is 5.45. The van der Waals surface area contributed by atoms with Gasteiger partial charge >= 0.3 is 5.97 Å². The molecular weight excluding hydrogens is 455 g/mol. The molecule has 1 aliphatic heterocycles. The zero-order valence-electron chi connectivity index (χ0n) is 19.8. The molecule has 2 N–H and O–H groups in total. The van der Waals surface area contributed by atoms with Gasteiger partial charge in [0.15, 0.2) is 0 Å². The topological polar surface area (TPSA) is 82.9 Å². The second kappa shape index (κ2) is 11.7. The van der Waals surface area contributed by atoms with E-state index in [0.29, 0.717) is 36.0 Å². The zero-order valence-corrected chi connectivity index (χ0v) is 20.6. The molecule has 4 rings (SSSR count). The van der Waals surface area contributed by atoms with Crippen molar-refractivity contribution < 1.29 is 24.1 Å². The lowest BCUT2D eigenvalue weighted by molar-refractivity contribution is -0.146. The van der Waals surface area contributed by atoms with E-state index in [1.807, 2.05) is 11.8 Å². The standard InChI is InChI=1S/C26H35FN2O4S/c1-33-18-7-8-23-20(14-18)25(22(27)15-28-23)24(30)9-6-17-10-11-29(16-21(17)26(31)32)12-13-34-19-4-2-3-5-19/h7-8,14-15,17,19,21,24,30H,2-6,9-13,16H2,1H3,(H,31,32)/t17-,21+,24-/m0/s1. The molecule has 1 aromatic carbocycles. The Morgan fingerprint density at radius 2 is 2.12 bits per heavy atom. The lowest BCUT2D eigenvalue weighted by atomic mass is 9.81. The maximum Gasteiger partial charge on any atom is 0.308 e. The molecule has 0 radical (unpaired) electrons. The minimum Gasteiger partial charge on any atom is -0.497 e. The van der Waals surface area contributed by atoms with Crippen LogP contribution in [0.4, 0.5) is 4.39 Å². The third-order valence-corrected chi connectivity index (χ3v) is 8.79. The molecule has 2 aliphatic rings. The minimum atomic E-state index is -1.03. The number of hydrogen-bond acceptors (Lipinski definition) is 6. The Labute approximate surface area is 204 Å². The van der Waals surface area contributed by atoms with Gasteiger partial charge in [0.2, 0.25) is 0 Å². The number of rotatable bonds is 10. The summed E-state index contributed by atoms with van der Waals surface area (Å²) < 4.78 is 19.9. The van der Waals surface area contributed by atoms with Crippen LogP contribution < -0.4 is 4.74 Å². The Hall–Kier alpha value is -1.90. The second-order valence-corrected chi connectivity index (χ2v) is 11.0. The van der Waals surface area contributed by atoms with Gasteiger partial charge in [0.05, 0.1) is 30.8 Å². The Morgan fingerprint density at radius 1 is 1.32 bits per heavy atom. The zero-order chi connectivity index (χ0) is 24.1. The SMILES string of the molecule is COc1ccc2ncc(F)c([C@@H](O)CC[C@H]3CCN(CCSC4CCCC4)C[C@H]3C(=O)O)c2c1. The molecule has 1 aliphatic carbocycles. The predicted octanol–water partition coefficient (Wildman–Crippen LogP) is 4.89. The number of aliphatic carboxylic acids is 1. The number of fused-ring (bicyclic) bond motifs is 1. The van der Waals surface area contributed by atoms with Crippen molar-refractivity contribution in [3.8, 4) is 5.75 Å². The first kappa shape index (κ1) is 25.2. The van der Waals surface area contributed by atoms with Gasteiger partial charge in [-0.1, -0.05) is 12.8 Å².